The van der Waals surface area contributed by atoms with Crippen molar-refractivity contribution in [1.29, 1.82) is 0 Å². The highest BCUT2D eigenvalue weighted by Gasteiger charge is 2.34. The van der Waals surface area contributed by atoms with Gasteiger partial charge in [0, 0.05) is 37.4 Å². The quantitative estimate of drug-likeness (QED) is 0.562. The molecule has 2 aliphatic carbocycles. The van der Waals surface area contributed by atoms with Crippen LogP contribution >= 0.6 is 0 Å². The second-order valence-corrected chi connectivity index (χ2v) is 11.7. The van der Waals surface area contributed by atoms with Crippen molar-refractivity contribution in [2.24, 2.45) is 0 Å². The van der Waals surface area contributed by atoms with E-state index >= 15 is 0 Å². The van der Waals surface area contributed by atoms with Gasteiger partial charge >= 0.3 is 0 Å². The first-order valence-corrected chi connectivity index (χ1v) is 14.0. The fourth-order valence-corrected chi connectivity index (χ4v) is 7.22. The summed E-state index contributed by atoms with van der Waals surface area (Å²) in [5, 5.41) is 4.78. The molecule has 0 radical (unpaired) electrons. The fraction of sp³-hybridized carbons (Fsp3) is 0.407. The molecule has 1 aliphatic heterocycles. The van der Waals surface area contributed by atoms with E-state index in [1.165, 1.54) is 9.87 Å². The van der Waals surface area contributed by atoms with Crippen molar-refractivity contribution in [1.82, 2.24) is 19.0 Å². The van der Waals surface area contributed by atoms with Crippen LogP contribution in [0, 0.1) is 6.92 Å². The molecule has 0 N–H and O–H groups in total. The third kappa shape index (κ3) is 3.79. The van der Waals surface area contributed by atoms with Gasteiger partial charge in [-0.05, 0) is 80.3 Å². The van der Waals surface area contributed by atoms with Crippen LogP contribution in [0.3, 0.4) is 0 Å². The van der Waals surface area contributed by atoms with E-state index < -0.39 is 10.0 Å². The molecule has 182 valence electrons. The number of amides is 1. The molecule has 0 unspecified atom stereocenters. The summed E-state index contributed by atoms with van der Waals surface area (Å²) < 4.78 is 30.0. The van der Waals surface area contributed by atoms with Gasteiger partial charge in [-0.3, -0.25) is 4.79 Å². The Labute approximate surface area is 206 Å². The average molecular weight is 491 g/mol. The van der Waals surface area contributed by atoms with Gasteiger partial charge in [-0.1, -0.05) is 24.3 Å². The van der Waals surface area contributed by atoms with Crippen LogP contribution < -0.4 is 0 Å². The van der Waals surface area contributed by atoms with Gasteiger partial charge in [0.1, 0.15) is 0 Å². The van der Waals surface area contributed by atoms with E-state index in [0.29, 0.717) is 36.8 Å². The van der Waals surface area contributed by atoms with Crippen molar-refractivity contribution in [3.05, 3.63) is 76.1 Å². The summed E-state index contributed by atoms with van der Waals surface area (Å²) in [4.78, 5) is 15.7. The average Bonchev–Trinajstić information content (AvgIpc) is 3.60. The molecule has 1 amide bonds. The lowest BCUT2D eigenvalue weighted by Gasteiger charge is -2.33. The van der Waals surface area contributed by atoms with Gasteiger partial charge in [-0.25, -0.2) is 13.1 Å². The van der Waals surface area contributed by atoms with Gasteiger partial charge < -0.3 is 4.90 Å². The lowest BCUT2D eigenvalue weighted by molar-refractivity contribution is 0.0690. The number of rotatable bonds is 4. The molecule has 1 saturated heterocycles. The topological polar surface area (TPSA) is 75.5 Å². The Balaban J connectivity index is 1.21. The fourth-order valence-electron chi connectivity index (χ4n) is 5.75. The van der Waals surface area contributed by atoms with Gasteiger partial charge in [-0.2, -0.15) is 9.40 Å². The summed E-state index contributed by atoms with van der Waals surface area (Å²) >= 11 is 0. The minimum absolute atomic E-state index is 0.0925. The van der Waals surface area contributed by atoms with Crippen LogP contribution in [-0.4, -0.2) is 59.5 Å². The molecule has 35 heavy (non-hydrogen) atoms. The molecule has 1 fully saturated rings. The van der Waals surface area contributed by atoms with Crippen LogP contribution in [0.1, 0.15) is 51.3 Å². The van der Waals surface area contributed by atoms with Gasteiger partial charge in [0.2, 0.25) is 10.0 Å². The van der Waals surface area contributed by atoms with Gasteiger partial charge in [-0.15, -0.1) is 0 Å². The van der Waals surface area contributed by atoms with Crippen LogP contribution in [0.25, 0.3) is 5.69 Å². The first-order valence-electron chi connectivity index (χ1n) is 12.5. The van der Waals surface area contributed by atoms with E-state index in [1.807, 2.05) is 35.0 Å². The van der Waals surface area contributed by atoms with Crippen LogP contribution in [0.5, 0.6) is 0 Å². The molecule has 8 heteroatoms. The number of carbonyl (C=O) groups excluding carboxylic acids is 1. The number of aromatic nitrogens is 2. The highest BCUT2D eigenvalue weighted by atomic mass is 32.2. The van der Waals surface area contributed by atoms with E-state index in [2.05, 4.69) is 13.0 Å². The van der Waals surface area contributed by atoms with Crippen molar-refractivity contribution >= 4 is 15.9 Å². The maximum atomic E-state index is 13.5. The summed E-state index contributed by atoms with van der Waals surface area (Å²) in [6, 6.07) is 13.6. The maximum Gasteiger partial charge on any atom is 0.274 e. The maximum absolute atomic E-state index is 13.5. The largest absolute Gasteiger partial charge is 0.335 e. The molecule has 0 atom stereocenters. The number of hydrogen-bond donors (Lipinski definition) is 0. The Morgan fingerprint density at radius 3 is 2.43 bits per heavy atom. The van der Waals surface area contributed by atoms with E-state index in [0.717, 1.165) is 66.6 Å². The summed E-state index contributed by atoms with van der Waals surface area (Å²) in [6.07, 6.45) is 5.85. The molecule has 2 heterocycles. The van der Waals surface area contributed by atoms with E-state index in [1.54, 1.807) is 11.0 Å². The van der Waals surface area contributed by atoms with Gasteiger partial charge in [0.05, 0.1) is 10.6 Å². The summed E-state index contributed by atoms with van der Waals surface area (Å²) in [7, 11) is -3.57. The molecule has 0 bridgehead atoms. The Bertz CT molecular complexity index is 1420. The Kier molecular flexibility index (Phi) is 5.53. The van der Waals surface area contributed by atoms with Crippen LogP contribution in [0.2, 0.25) is 0 Å². The number of hydrogen-bond acceptors (Lipinski definition) is 4. The van der Waals surface area contributed by atoms with Crippen molar-refractivity contribution in [3.8, 4) is 5.69 Å². The lowest BCUT2D eigenvalue weighted by atomic mass is 10.1. The van der Waals surface area contributed by atoms with E-state index in [4.69, 9.17) is 5.10 Å². The zero-order valence-corrected chi connectivity index (χ0v) is 20.9. The molecular formula is C27H30N4O3S. The highest BCUT2D eigenvalue weighted by molar-refractivity contribution is 7.89. The molecule has 1 aromatic heterocycles. The Morgan fingerprint density at radius 2 is 1.63 bits per heavy atom. The second-order valence-electron chi connectivity index (χ2n) is 9.81. The predicted molar refractivity (Wildman–Crippen MR) is 133 cm³/mol. The smallest absolute Gasteiger partial charge is 0.274 e. The van der Waals surface area contributed by atoms with Crippen molar-refractivity contribution in [2.45, 2.75) is 50.3 Å². The number of carbonyl (C=O) groups is 1. The minimum Gasteiger partial charge on any atom is -0.335 e. The molecule has 7 nitrogen and oxygen atoms in total. The van der Waals surface area contributed by atoms with Crippen molar-refractivity contribution in [3.63, 3.8) is 0 Å². The first-order chi connectivity index (χ1) is 16.9. The van der Waals surface area contributed by atoms with Crippen LogP contribution in [0.15, 0.2) is 47.4 Å². The van der Waals surface area contributed by atoms with Crippen LogP contribution in [-0.2, 0) is 35.7 Å². The normalized spacial score (nSPS) is 18.0. The van der Waals surface area contributed by atoms with Crippen LogP contribution in [0.4, 0.5) is 0 Å². The third-order valence-electron chi connectivity index (χ3n) is 7.71. The third-order valence-corrected chi connectivity index (χ3v) is 9.60. The first kappa shape index (κ1) is 22.5. The Morgan fingerprint density at radius 1 is 0.886 bits per heavy atom. The summed E-state index contributed by atoms with van der Waals surface area (Å²) in [5.74, 6) is -0.0925. The number of sulfonamides is 1. The number of piperazine rings is 1. The molecule has 0 saturated carbocycles. The van der Waals surface area contributed by atoms with Gasteiger partial charge in [0.15, 0.2) is 5.69 Å². The highest BCUT2D eigenvalue weighted by Crippen LogP contribution is 2.30. The molecule has 0 spiro atoms. The SMILES string of the molecule is Cc1ccccc1-n1nc(C(=O)N2CCN(S(=O)(=O)c3ccc4c(c3)CCC4)CC2)c2c1CCC2. The Hall–Kier alpha value is -2.97. The van der Waals surface area contributed by atoms with Crippen molar-refractivity contribution in [2.75, 3.05) is 26.2 Å². The molecule has 3 aliphatic rings. The van der Waals surface area contributed by atoms with Crippen molar-refractivity contribution < 1.29 is 13.2 Å². The zero-order chi connectivity index (χ0) is 24.2. The lowest BCUT2D eigenvalue weighted by Crippen LogP contribution is -2.50. The van der Waals surface area contributed by atoms with E-state index in [9.17, 15) is 13.2 Å². The molecule has 2 aromatic carbocycles. The zero-order valence-electron chi connectivity index (χ0n) is 20.0. The number of benzene rings is 2. The monoisotopic (exact) mass is 490 g/mol. The summed E-state index contributed by atoms with van der Waals surface area (Å²) in [6.45, 7) is 3.39. The number of aryl methyl sites for hydroxylation is 3. The molecular weight excluding hydrogens is 460 g/mol. The number of fused-ring (bicyclic) bond motifs is 2. The predicted octanol–water partition coefficient (Wildman–Crippen LogP) is 3.30. The summed E-state index contributed by atoms with van der Waals surface area (Å²) in [5.41, 5.74) is 7.24. The molecule has 3 aromatic rings. The van der Waals surface area contributed by atoms with E-state index in [-0.39, 0.29) is 5.91 Å². The van der Waals surface area contributed by atoms with Gasteiger partial charge in [0.25, 0.3) is 5.91 Å². The molecule has 6 rings (SSSR count). The number of para-hydroxylation sites is 1. The minimum atomic E-state index is -3.57. The number of nitrogens with zero attached hydrogens (tertiary/aromatic N) is 4. The second kappa shape index (κ2) is 8.60. The standard InChI is InChI=1S/C27H30N4O3S/c1-19-6-2-3-10-24(19)31-25-11-5-9-23(25)26(28-31)27(32)29-14-16-30(17-15-29)35(33,34)22-13-12-20-7-4-8-21(20)18-22/h2-3,6,10,12-13,18H,4-5,7-9,11,14-17H2,1H3.